The van der Waals surface area contributed by atoms with Gasteiger partial charge in [0.25, 0.3) is 0 Å². The lowest BCUT2D eigenvalue weighted by Gasteiger charge is -2.04. The fourth-order valence-electron chi connectivity index (χ4n) is 1.20. The highest BCUT2D eigenvalue weighted by molar-refractivity contribution is 7.80. The van der Waals surface area contributed by atoms with Gasteiger partial charge >= 0.3 is 0 Å². The molecule has 0 aliphatic heterocycles. The molecule has 0 saturated carbocycles. The Hall–Kier alpha value is -1.67. The first-order chi connectivity index (χ1) is 7.65. The largest absolute Gasteiger partial charge is 0.375 e. The average Bonchev–Trinajstić information content (AvgIpc) is 2.74. The van der Waals surface area contributed by atoms with Crippen molar-refractivity contribution in [2.45, 2.75) is 6.42 Å². The highest BCUT2D eigenvalue weighted by Gasteiger charge is 2.07. The van der Waals surface area contributed by atoms with Crippen LogP contribution in [0.3, 0.4) is 0 Å². The molecule has 1 amide bonds. The van der Waals surface area contributed by atoms with Crippen LogP contribution in [-0.2, 0) is 11.2 Å². The fourth-order valence-corrected chi connectivity index (χ4v) is 1.97. The van der Waals surface area contributed by atoms with Gasteiger partial charge in [-0.15, -0.1) is 11.3 Å². The third kappa shape index (κ3) is 2.47. The molecule has 0 spiro atoms. The van der Waals surface area contributed by atoms with Crippen molar-refractivity contribution < 1.29 is 4.79 Å². The number of carbonyl (C=O) groups excluding carboxylic acids is 1. The summed E-state index contributed by atoms with van der Waals surface area (Å²) >= 11 is 6.07. The minimum absolute atomic E-state index is 0.0270. The van der Waals surface area contributed by atoms with E-state index in [2.05, 4.69) is 28.1 Å². The lowest BCUT2D eigenvalue weighted by atomic mass is 10.3. The van der Waals surface area contributed by atoms with E-state index < -0.39 is 0 Å². The van der Waals surface area contributed by atoms with E-state index in [1.54, 1.807) is 0 Å². The number of hydrogen-bond donors (Lipinski definition) is 3. The van der Waals surface area contributed by atoms with Gasteiger partial charge < -0.3 is 5.73 Å². The van der Waals surface area contributed by atoms with Crippen LogP contribution in [-0.4, -0.2) is 20.4 Å². The SMILES string of the molecule is NC(=S)NNC(=O)Cc1cn2ccsc2n1. The number of amides is 1. The number of hydrazine groups is 1. The number of nitrogens with one attached hydrogen (secondary N) is 2. The predicted octanol–water partition coefficient (Wildman–Crippen LogP) is -0.197. The van der Waals surface area contributed by atoms with Gasteiger partial charge in [0.2, 0.25) is 5.91 Å². The van der Waals surface area contributed by atoms with Gasteiger partial charge in [0.15, 0.2) is 10.1 Å². The summed E-state index contributed by atoms with van der Waals surface area (Å²) < 4.78 is 1.87. The molecule has 84 valence electrons. The summed E-state index contributed by atoms with van der Waals surface area (Å²) in [6.45, 7) is 0. The van der Waals surface area contributed by atoms with Gasteiger partial charge in [-0.2, -0.15) is 0 Å². The molecule has 2 aromatic rings. The van der Waals surface area contributed by atoms with Crippen molar-refractivity contribution in [2.24, 2.45) is 5.73 Å². The number of aromatic nitrogens is 2. The van der Waals surface area contributed by atoms with Gasteiger partial charge in [-0.05, 0) is 12.2 Å². The van der Waals surface area contributed by atoms with Crippen LogP contribution in [0.15, 0.2) is 17.8 Å². The molecule has 0 fully saturated rings. The summed E-state index contributed by atoms with van der Waals surface area (Å²) in [5, 5.41) is 1.96. The lowest BCUT2D eigenvalue weighted by Crippen LogP contribution is -2.44. The van der Waals surface area contributed by atoms with E-state index in [9.17, 15) is 4.79 Å². The number of fused-ring (bicyclic) bond motifs is 1. The first kappa shape index (κ1) is 10.8. The molecule has 2 aromatic heterocycles. The molecule has 0 bridgehead atoms. The maximum absolute atomic E-state index is 11.4. The minimum Gasteiger partial charge on any atom is -0.375 e. The van der Waals surface area contributed by atoms with Crippen molar-refractivity contribution in [1.82, 2.24) is 20.2 Å². The van der Waals surface area contributed by atoms with Crippen LogP contribution in [0.5, 0.6) is 0 Å². The van der Waals surface area contributed by atoms with Gasteiger partial charge in [-0.1, -0.05) is 0 Å². The normalized spacial score (nSPS) is 10.2. The van der Waals surface area contributed by atoms with Crippen molar-refractivity contribution in [3.8, 4) is 0 Å². The number of imidazole rings is 1. The molecule has 0 radical (unpaired) electrons. The van der Waals surface area contributed by atoms with Crippen LogP contribution in [0.2, 0.25) is 0 Å². The molecule has 2 rings (SSSR count). The molecule has 16 heavy (non-hydrogen) atoms. The minimum atomic E-state index is -0.237. The monoisotopic (exact) mass is 255 g/mol. The molecule has 0 unspecified atom stereocenters. The Labute approximate surface area is 100 Å². The molecule has 0 atom stereocenters. The van der Waals surface area contributed by atoms with Gasteiger partial charge in [0.05, 0.1) is 12.1 Å². The van der Waals surface area contributed by atoms with Crippen molar-refractivity contribution in [3.63, 3.8) is 0 Å². The van der Waals surface area contributed by atoms with E-state index in [0.717, 1.165) is 4.96 Å². The van der Waals surface area contributed by atoms with E-state index in [-0.39, 0.29) is 17.4 Å². The van der Waals surface area contributed by atoms with E-state index in [1.807, 2.05) is 22.2 Å². The number of thiocarbonyl (C=S) groups is 1. The topological polar surface area (TPSA) is 84.5 Å². The second-order valence-electron chi connectivity index (χ2n) is 3.04. The molecular weight excluding hydrogens is 246 g/mol. The summed E-state index contributed by atoms with van der Waals surface area (Å²) in [4.78, 5) is 16.5. The Morgan fingerprint density at radius 3 is 3.12 bits per heavy atom. The summed E-state index contributed by atoms with van der Waals surface area (Å²) in [5.41, 5.74) is 10.6. The Morgan fingerprint density at radius 1 is 1.62 bits per heavy atom. The number of hydrogen-bond acceptors (Lipinski definition) is 4. The zero-order valence-electron chi connectivity index (χ0n) is 8.14. The highest BCUT2D eigenvalue weighted by Crippen LogP contribution is 2.11. The van der Waals surface area contributed by atoms with E-state index in [4.69, 9.17) is 5.73 Å². The first-order valence-electron chi connectivity index (χ1n) is 4.40. The summed E-state index contributed by atoms with van der Waals surface area (Å²) in [6, 6.07) is 0. The van der Waals surface area contributed by atoms with Crippen LogP contribution in [0, 0.1) is 0 Å². The molecule has 0 aliphatic rings. The van der Waals surface area contributed by atoms with E-state index in [0.29, 0.717) is 5.69 Å². The third-order valence-corrected chi connectivity index (χ3v) is 2.68. The first-order valence-corrected chi connectivity index (χ1v) is 5.69. The Kier molecular flexibility index (Phi) is 3.02. The van der Waals surface area contributed by atoms with Crippen molar-refractivity contribution in [1.29, 1.82) is 0 Å². The van der Waals surface area contributed by atoms with Crippen LogP contribution in [0.1, 0.15) is 5.69 Å². The number of nitrogens with two attached hydrogens (primary N) is 1. The van der Waals surface area contributed by atoms with Gasteiger partial charge in [0.1, 0.15) is 0 Å². The predicted molar refractivity (Wildman–Crippen MR) is 64.8 cm³/mol. The molecule has 8 heteroatoms. The lowest BCUT2D eigenvalue weighted by molar-refractivity contribution is -0.121. The van der Waals surface area contributed by atoms with Gasteiger partial charge in [-0.3, -0.25) is 20.0 Å². The zero-order chi connectivity index (χ0) is 11.5. The Balaban J connectivity index is 1.96. The molecule has 4 N–H and O–H groups in total. The Morgan fingerprint density at radius 2 is 2.44 bits per heavy atom. The van der Waals surface area contributed by atoms with Crippen molar-refractivity contribution >= 4 is 39.5 Å². The number of nitrogens with zero attached hydrogens (tertiary/aromatic N) is 2. The molecule has 0 aliphatic carbocycles. The number of rotatable bonds is 2. The molecular formula is C8H9N5OS2. The number of carbonyl (C=O) groups is 1. The zero-order valence-corrected chi connectivity index (χ0v) is 9.77. The van der Waals surface area contributed by atoms with Gasteiger partial charge in [0, 0.05) is 17.8 Å². The second-order valence-corrected chi connectivity index (χ2v) is 4.35. The molecule has 0 saturated heterocycles. The summed E-state index contributed by atoms with van der Waals surface area (Å²) in [5.74, 6) is -0.237. The van der Waals surface area contributed by atoms with E-state index >= 15 is 0 Å². The Bertz CT molecular complexity index is 503. The average molecular weight is 255 g/mol. The molecule has 0 aromatic carbocycles. The standard InChI is InChI=1S/C8H9N5OS2/c9-7(15)12-11-6(14)3-5-4-13-1-2-16-8(13)10-5/h1-2,4H,3H2,(H,11,14)(H3,9,12,15). The van der Waals surface area contributed by atoms with Crippen LogP contribution >= 0.6 is 23.6 Å². The molecule has 2 heterocycles. The third-order valence-electron chi connectivity index (χ3n) is 1.81. The molecule has 6 nitrogen and oxygen atoms in total. The fraction of sp³-hybridized carbons (Fsp3) is 0.125. The second kappa shape index (κ2) is 4.45. The van der Waals surface area contributed by atoms with Crippen LogP contribution in [0.25, 0.3) is 4.96 Å². The van der Waals surface area contributed by atoms with E-state index in [1.165, 1.54) is 11.3 Å². The quantitative estimate of drug-likeness (QED) is 0.511. The highest BCUT2D eigenvalue weighted by atomic mass is 32.1. The summed E-state index contributed by atoms with van der Waals surface area (Å²) in [6.07, 6.45) is 3.89. The maximum atomic E-state index is 11.4. The van der Waals surface area contributed by atoms with Crippen molar-refractivity contribution in [3.05, 3.63) is 23.5 Å². The van der Waals surface area contributed by atoms with Crippen LogP contribution < -0.4 is 16.6 Å². The smallest absolute Gasteiger partial charge is 0.244 e. The van der Waals surface area contributed by atoms with Crippen LogP contribution in [0.4, 0.5) is 0 Å². The van der Waals surface area contributed by atoms with Crippen molar-refractivity contribution in [2.75, 3.05) is 0 Å². The van der Waals surface area contributed by atoms with Gasteiger partial charge in [-0.25, -0.2) is 4.98 Å². The number of thiazole rings is 1. The summed E-state index contributed by atoms with van der Waals surface area (Å²) in [7, 11) is 0. The maximum Gasteiger partial charge on any atom is 0.244 e.